The van der Waals surface area contributed by atoms with Crippen LogP contribution in [0.1, 0.15) is 117 Å². The summed E-state index contributed by atoms with van der Waals surface area (Å²) in [6, 6.07) is 24.1. The lowest BCUT2D eigenvalue weighted by atomic mass is 9.80. The van der Waals surface area contributed by atoms with E-state index in [9.17, 15) is 65.4 Å². The molecule has 2 saturated carbocycles. The number of alkyl carbamates (subject to hydrolysis) is 2. The second-order valence-corrected chi connectivity index (χ2v) is 38.4. The van der Waals surface area contributed by atoms with Gasteiger partial charge in [0.15, 0.2) is 46.1 Å². The highest BCUT2D eigenvalue weighted by atomic mass is 28.4. The first-order chi connectivity index (χ1) is 56.0. The molecule has 11 rings (SSSR count). The molecule has 34 atom stereocenters. The van der Waals surface area contributed by atoms with Crippen molar-refractivity contribution in [1.29, 1.82) is 0 Å². The van der Waals surface area contributed by atoms with Crippen LogP contribution in [-0.4, -0.2) is 300 Å². The van der Waals surface area contributed by atoms with Gasteiger partial charge in [0.05, 0.1) is 74.6 Å². The molecule has 22 N–H and O–H groups in total. The van der Waals surface area contributed by atoms with Crippen molar-refractivity contribution in [2.45, 2.75) is 328 Å². The molecule has 0 spiro atoms. The Bertz CT molecular complexity index is 3470. The largest absolute Gasteiger partial charge is 0.461 e. The highest BCUT2D eigenvalue weighted by Crippen LogP contribution is 2.42. The molecule has 118 heavy (non-hydrogen) atoms. The smallest absolute Gasteiger partial charge is 0.407 e. The van der Waals surface area contributed by atoms with Crippen molar-refractivity contribution in [2.75, 3.05) is 32.9 Å². The molecule has 3 aromatic rings. The molecule has 6 aliphatic heterocycles. The molecular formula is C81H131N7O29Si. The van der Waals surface area contributed by atoms with Gasteiger partial charge < -0.3 is 166 Å². The number of benzene rings is 3. The Kier molecular flexibility index (Phi) is 36.7. The number of amides is 2. The van der Waals surface area contributed by atoms with E-state index < -0.39 is 223 Å². The third kappa shape index (κ3) is 25.7. The minimum absolute atomic E-state index is 0.0116. The molecule has 8 fully saturated rings. The first-order valence-corrected chi connectivity index (χ1v) is 43.9. The Labute approximate surface area is 690 Å². The predicted molar refractivity (Wildman–Crippen MR) is 423 cm³/mol. The maximum absolute atomic E-state index is 13.5. The molecule has 0 radical (unpaired) electrons. The van der Waals surface area contributed by atoms with Crippen LogP contribution in [0.15, 0.2) is 91.0 Å². The SMILES string of the molecule is CC(=O)OCc1ccccc1.CC[C@H]1O[C@@H](O[C@@H]2[C@@H](O)[C@H](C)C[C@H](NC(=O)OCc3ccccc3)[C@H]2O[C@H]2O[C@H](CO[Si](C)(C)C(C)(C)C)CC[C@H]2C)[C@H](O)[C@@H]1O[C@H]1O[C@@H](CNC(=O)OCc2ccccc2)[C@@H](O)[C@H](O)[C@H]1C.NC[C@@H]1O[C@H](O[C@H]2[C@@H](O)[C@H](O[C@@H]3[C@@H](O)[C@H](N)C[C@H](N)[C@H]3O[C@H]3O[C@H](CO)CC[C@H]3N)O[C@@H]2CO)[C@H](N)[C@@H](O)[C@@H]1O. The van der Waals surface area contributed by atoms with Gasteiger partial charge in [-0.15, -0.1) is 0 Å². The number of esters is 1. The molecule has 6 heterocycles. The first-order valence-electron chi connectivity index (χ1n) is 41.0. The van der Waals surface area contributed by atoms with Crippen LogP contribution in [0.25, 0.3) is 0 Å². The fourth-order valence-corrected chi connectivity index (χ4v) is 16.1. The van der Waals surface area contributed by atoms with Crippen LogP contribution in [0.2, 0.25) is 18.1 Å². The van der Waals surface area contributed by atoms with Crippen molar-refractivity contribution >= 4 is 26.5 Å². The predicted octanol–water partition coefficient (Wildman–Crippen LogP) is 0.452. The minimum Gasteiger partial charge on any atom is -0.461 e. The maximum Gasteiger partial charge on any atom is 0.407 e. The summed E-state index contributed by atoms with van der Waals surface area (Å²) in [6.45, 7) is 19.4. The zero-order chi connectivity index (χ0) is 86.0. The number of aliphatic hydroxyl groups is 10. The number of hydrogen-bond acceptors (Lipinski definition) is 34. The summed E-state index contributed by atoms with van der Waals surface area (Å²) in [7, 11) is -2.09. The van der Waals surface area contributed by atoms with E-state index in [0.717, 1.165) is 29.5 Å². The molecule has 36 nitrogen and oxygen atoms in total. The Morgan fingerprint density at radius 3 is 1.53 bits per heavy atom. The van der Waals surface area contributed by atoms with Gasteiger partial charge in [-0.25, -0.2) is 9.59 Å². The summed E-state index contributed by atoms with van der Waals surface area (Å²) < 4.78 is 96.2. The Hall–Kier alpha value is -5.23. The van der Waals surface area contributed by atoms with E-state index in [-0.39, 0.29) is 62.4 Å². The van der Waals surface area contributed by atoms with Gasteiger partial charge in [0.25, 0.3) is 0 Å². The van der Waals surface area contributed by atoms with E-state index in [1.807, 2.05) is 112 Å². The Balaban J connectivity index is 0.000000260. The third-order valence-corrected chi connectivity index (χ3v) is 28.1. The van der Waals surface area contributed by atoms with Gasteiger partial charge >= 0.3 is 18.2 Å². The van der Waals surface area contributed by atoms with Gasteiger partial charge in [0.1, 0.15) is 105 Å². The summed E-state index contributed by atoms with van der Waals surface area (Å²) in [5.41, 5.74) is 32.8. The monoisotopic (exact) mass is 1690 g/mol. The van der Waals surface area contributed by atoms with Crippen LogP contribution >= 0.6 is 0 Å². The summed E-state index contributed by atoms with van der Waals surface area (Å²) in [5, 5.41) is 113. The van der Waals surface area contributed by atoms with Crippen LogP contribution in [0.3, 0.4) is 0 Å². The zero-order valence-corrected chi connectivity index (χ0v) is 70.0. The fourth-order valence-electron chi connectivity index (χ4n) is 15.1. The summed E-state index contributed by atoms with van der Waals surface area (Å²) >= 11 is 0. The van der Waals surface area contributed by atoms with E-state index in [4.69, 9.17) is 104 Å². The van der Waals surface area contributed by atoms with Crippen LogP contribution in [0.5, 0.6) is 0 Å². The van der Waals surface area contributed by atoms with E-state index in [2.05, 4.69) is 44.5 Å². The highest BCUT2D eigenvalue weighted by molar-refractivity contribution is 6.74. The van der Waals surface area contributed by atoms with Crippen LogP contribution < -0.4 is 39.3 Å². The van der Waals surface area contributed by atoms with Crippen LogP contribution in [0.4, 0.5) is 9.59 Å². The van der Waals surface area contributed by atoms with E-state index in [1.165, 1.54) is 6.92 Å². The Morgan fingerprint density at radius 1 is 0.475 bits per heavy atom. The fraction of sp³-hybridized carbons (Fsp3) is 0.741. The van der Waals surface area contributed by atoms with Gasteiger partial charge in [0, 0.05) is 43.9 Å². The highest BCUT2D eigenvalue weighted by Gasteiger charge is 2.57. The molecule has 0 unspecified atom stereocenters. The quantitative estimate of drug-likeness (QED) is 0.0267. The second kappa shape index (κ2) is 44.9. The van der Waals surface area contributed by atoms with Crippen LogP contribution in [0, 0.1) is 17.8 Å². The lowest BCUT2D eigenvalue weighted by Crippen LogP contribution is -2.65. The van der Waals surface area contributed by atoms with Gasteiger partial charge in [-0.05, 0) is 85.7 Å². The number of nitrogens with two attached hydrogens (primary N) is 5. The molecule has 0 bridgehead atoms. The minimum atomic E-state index is -2.09. The van der Waals surface area contributed by atoms with E-state index in [0.29, 0.717) is 38.9 Å². The number of carbonyl (C=O) groups is 3. The summed E-state index contributed by atoms with van der Waals surface area (Å²) in [5.74, 6) is -1.47. The zero-order valence-electron chi connectivity index (χ0n) is 69.0. The molecule has 3 aromatic carbocycles. The number of rotatable bonds is 28. The summed E-state index contributed by atoms with van der Waals surface area (Å²) in [6.07, 6.45) is -27.0. The summed E-state index contributed by atoms with van der Waals surface area (Å²) in [4.78, 5) is 36.4. The number of nitrogens with one attached hydrogen (secondary N) is 2. The molecule has 2 aliphatic carbocycles. The lowest BCUT2D eigenvalue weighted by Gasteiger charge is -2.47. The Morgan fingerprint density at radius 2 is 0.966 bits per heavy atom. The maximum atomic E-state index is 13.5. The average Bonchev–Trinajstić information content (AvgIpc) is 1.53. The van der Waals surface area contributed by atoms with Gasteiger partial charge in [-0.3, -0.25) is 4.79 Å². The van der Waals surface area contributed by atoms with Gasteiger partial charge in [0.2, 0.25) is 0 Å². The molecule has 8 aliphatic rings. The second-order valence-electron chi connectivity index (χ2n) is 33.6. The number of aliphatic hydroxyl groups excluding tert-OH is 10. The number of carbonyl (C=O) groups excluding carboxylic acids is 3. The normalized spacial score (nSPS) is 39.0. The van der Waals surface area contributed by atoms with Gasteiger partial charge in [-0.1, -0.05) is 139 Å². The average molecular weight is 1700 g/mol. The van der Waals surface area contributed by atoms with E-state index >= 15 is 0 Å². The van der Waals surface area contributed by atoms with Crippen LogP contribution in [-0.2, 0) is 100 Å². The molecule has 6 saturated heterocycles. The molecule has 2 amide bonds. The van der Waals surface area contributed by atoms with Crippen molar-refractivity contribution in [1.82, 2.24) is 10.6 Å². The first kappa shape index (κ1) is 96.6. The molecule has 668 valence electrons. The number of hydrogen-bond donors (Lipinski definition) is 17. The topological polar surface area (TPSA) is 555 Å². The third-order valence-electron chi connectivity index (χ3n) is 23.6. The lowest BCUT2D eigenvalue weighted by molar-refractivity contribution is -0.302. The van der Waals surface area contributed by atoms with Crippen molar-refractivity contribution in [3.63, 3.8) is 0 Å². The van der Waals surface area contributed by atoms with Crippen molar-refractivity contribution in [2.24, 2.45) is 46.4 Å². The van der Waals surface area contributed by atoms with E-state index in [1.54, 1.807) is 6.92 Å². The van der Waals surface area contributed by atoms with Gasteiger partial charge in [-0.2, -0.15) is 0 Å². The number of ether oxygens (including phenoxy) is 15. The van der Waals surface area contributed by atoms with Crippen molar-refractivity contribution < 1.29 is 141 Å². The van der Waals surface area contributed by atoms with Crippen molar-refractivity contribution in [3.05, 3.63) is 108 Å². The molecule has 37 heteroatoms. The standard InChI is InChI=1S/C49H76N2O15Si.C23H45N5O12.C9H10O2/c1-10-35-42(65-45-30(4)38(53)39(54)36(63-45)24-50-47(56)58-25-31-17-13-11-14-18-31)40(55)46(62-35)66-43-37(52)29(3)23-34(51-48(57)59-26-32-19-15-12-16-20-32)41(43)64-44-28(2)21-22-33(61-44)27-60-67(8,9)49(5,6)7;24-4-11-15(32)16(33)13(28)22(36-11)39-19-12(6-30)37-23(17(19)34)40-20-14(31)9(26)3-10(27)18(20)38-21-8(25)2-1-7(5-29)35-21;1-8(10)11-7-9-5-3-2-4-6-9/h11-20,28-30,33-46,52-55H,10,21-27H2,1-9H3,(H,50,56)(H,51,57);7-23,29-34H,1-6,24-28H2;2-6H,7H2,1H3/t28-,29-,30-,33+,34+,35-,36+,37+,38-,39-,40-,41-,42-,43-,44-,45-,46+;7-,8+,9+,10-,11-,12+,13+,14-,15+,16+,17+,18+,19+,20+,21+,22+,23-;/m10./s1. The van der Waals surface area contributed by atoms with Crippen molar-refractivity contribution in [3.8, 4) is 0 Å². The molecular weight excluding hydrogens is 1560 g/mol. The molecule has 0 aromatic heterocycles.